The number of likely N-dealkylation sites (tertiary alicyclic amines) is 1. The normalized spacial score (nSPS) is 25.6. The van der Waals surface area contributed by atoms with Crippen LogP contribution in [-0.4, -0.2) is 39.8 Å². The van der Waals surface area contributed by atoms with Gasteiger partial charge in [0.25, 0.3) is 0 Å². The van der Waals surface area contributed by atoms with E-state index in [0.717, 1.165) is 42.7 Å². The monoisotopic (exact) mass is 417 g/mol. The Morgan fingerprint density at radius 1 is 1.24 bits per heavy atom. The van der Waals surface area contributed by atoms with Gasteiger partial charge in [0.1, 0.15) is 5.52 Å². The largest absolute Gasteiger partial charge is 0.440 e. The maximum Gasteiger partial charge on any atom is 0.225 e. The van der Waals surface area contributed by atoms with Gasteiger partial charge in [0.2, 0.25) is 11.8 Å². The van der Waals surface area contributed by atoms with Gasteiger partial charge in [0, 0.05) is 35.5 Å². The van der Waals surface area contributed by atoms with E-state index in [1.165, 1.54) is 0 Å². The van der Waals surface area contributed by atoms with Crippen molar-refractivity contribution in [1.82, 2.24) is 15.2 Å². The molecule has 2 heterocycles. The molecule has 2 fully saturated rings. The first-order valence-corrected chi connectivity index (χ1v) is 10.8. The Labute approximate surface area is 176 Å². The quantitative estimate of drug-likeness (QED) is 0.809. The van der Waals surface area contributed by atoms with Crippen LogP contribution in [0.4, 0.5) is 0 Å². The van der Waals surface area contributed by atoms with Gasteiger partial charge in [-0.05, 0) is 64.7 Å². The van der Waals surface area contributed by atoms with Crippen LogP contribution < -0.4 is 5.32 Å². The van der Waals surface area contributed by atoms with Crippen LogP contribution in [0.5, 0.6) is 0 Å². The third kappa shape index (κ3) is 4.27. The number of halogens is 1. The minimum absolute atomic E-state index is 0.00468. The van der Waals surface area contributed by atoms with Crippen molar-refractivity contribution >= 4 is 34.5 Å². The molecule has 1 aliphatic carbocycles. The predicted octanol–water partition coefficient (Wildman–Crippen LogP) is 4.27. The molecular weight excluding hydrogens is 390 g/mol. The Kier molecular flexibility index (Phi) is 5.32. The summed E-state index contributed by atoms with van der Waals surface area (Å²) in [4.78, 5) is 31.4. The molecule has 1 aromatic heterocycles. The van der Waals surface area contributed by atoms with Gasteiger partial charge in [-0.1, -0.05) is 11.6 Å². The molecule has 4 rings (SSSR count). The number of rotatable bonds is 3. The van der Waals surface area contributed by atoms with Crippen molar-refractivity contribution in [3.8, 4) is 0 Å². The summed E-state index contributed by atoms with van der Waals surface area (Å²) in [7, 11) is 0. The van der Waals surface area contributed by atoms with E-state index in [-0.39, 0.29) is 35.2 Å². The second-order valence-corrected chi connectivity index (χ2v) is 9.73. The van der Waals surface area contributed by atoms with Gasteiger partial charge in [-0.25, -0.2) is 4.98 Å². The number of carbonyl (C=O) groups excluding carboxylic acids is 2. The van der Waals surface area contributed by atoms with Crippen molar-refractivity contribution in [2.45, 2.75) is 70.4 Å². The topological polar surface area (TPSA) is 75.4 Å². The van der Waals surface area contributed by atoms with Crippen LogP contribution in [0.1, 0.15) is 64.7 Å². The van der Waals surface area contributed by atoms with E-state index in [9.17, 15) is 9.59 Å². The zero-order valence-corrected chi connectivity index (χ0v) is 18.0. The molecule has 29 heavy (non-hydrogen) atoms. The molecular formula is C22H28ClN3O3. The predicted molar refractivity (Wildman–Crippen MR) is 112 cm³/mol. The highest BCUT2D eigenvalue weighted by Gasteiger charge is 2.40. The van der Waals surface area contributed by atoms with Gasteiger partial charge in [0.05, 0.1) is 5.92 Å². The molecule has 1 N–H and O–H groups in total. The Bertz CT molecular complexity index is 925. The molecule has 2 aliphatic rings. The highest BCUT2D eigenvalue weighted by molar-refractivity contribution is 6.31. The third-order valence-corrected chi connectivity index (χ3v) is 6.33. The number of carbonyl (C=O) groups is 2. The van der Waals surface area contributed by atoms with Crippen LogP contribution in [0.3, 0.4) is 0 Å². The van der Waals surface area contributed by atoms with E-state index in [2.05, 4.69) is 10.3 Å². The van der Waals surface area contributed by atoms with Gasteiger partial charge in [-0.3, -0.25) is 9.59 Å². The second kappa shape index (κ2) is 7.63. The van der Waals surface area contributed by atoms with E-state index in [1.54, 1.807) is 6.07 Å². The van der Waals surface area contributed by atoms with Gasteiger partial charge in [0.15, 0.2) is 11.5 Å². The lowest BCUT2D eigenvalue weighted by atomic mass is 9.85. The van der Waals surface area contributed by atoms with E-state index in [4.69, 9.17) is 16.0 Å². The number of aromatic nitrogens is 1. The standard InChI is InChI=1S/C22H28ClN3O3/c1-22(2,3)26-12-14(10-19(26)27)20(28)24-16-7-4-13(5-8-16)21-25-17-11-15(23)6-9-18(17)29-21/h6,9,11,13-14,16H,4-5,7-8,10,12H2,1-3H3,(H,24,28). The molecule has 0 radical (unpaired) electrons. The minimum atomic E-state index is -0.249. The minimum Gasteiger partial charge on any atom is -0.440 e. The summed E-state index contributed by atoms with van der Waals surface area (Å²) in [5, 5.41) is 3.83. The molecule has 7 heteroatoms. The lowest BCUT2D eigenvalue weighted by Crippen LogP contribution is -2.44. The van der Waals surface area contributed by atoms with Crippen LogP contribution >= 0.6 is 11.6 Å². The lowest BCUT2D eigenvalue weighted by Gasteiger charge is -2.32. The number of nitrogens with one attached hydrogen (secondary N) is 1. The molecule has 2 amide bonds. The summed E-state index contributed by atoms with van der Waals surface area (Å²) < 4.78 is 5.92. The Morgan fingerprint density at radius 3 is 2.62 bits per heavy atom. The fourth-order valence-electron chi connectivity index (χ4n) is 4.43. The van der Waals surface area contributed by atoms with Gasteiger partial charge in [-0.2, -0.15) is 0 Å². The number of oxazole rings is 1. The molecule has 1 saturated carbocycles. The second-order valence-electron chi connectivity index (χ2n) is 9.30. The maximum absolute atomic E-state index is 12.7. The first-order chi connectivity index (χ1) is 13.7. The first kappa shape index (κ1) is 20.2. The molecule has 0 spiro atoms. The lowest BCUT2D eigenvalue weighted by molar-refractivity contribution is -0.132. The molecule has 1 saturated heterocycles. The van der Waals surface area contributed by atoms with Crippen LogP contribution in [0.2, 0.25) is 5.02 Å². The van der Waals surface area contributed by atoms with Gasteiger partial charge in [-0.15, -0.1) is 0 Å². The van der Waals surface area contributed by atoms with E-state index >= 15 is 0 Å². The molecule has 1 atom stereocenters. The van der Waals surface area contributed by atoms with Crippen molar-refractivity contribution in [1.29, 1.82) is 0 Å². The summed E-state index contributed by atoms with van der Waals surface area (Å²) >= 11 is 6.03. The molecule has 0 bridgehead atoms. The molecule has 6 nitrogen and oxygen atoms in total. The Hall–Kier alpha value is -2.08. The maximum atomic E-state index is 12.7. The van der Waals surface area contributed by atoms with Crippen LogP contribution in [0, 0.1) is 5.92 Å². The summed E-state index contributed by atoms with van der Waals surface area (Å²) in [6.45, 7) is 6.53. The highest BCUT2D eigenvalue weighted by Crippen LogP contribution is 2.35. The van der Waals surface area contributed by atoms with Crippen LogP contribution in [0.25, 0.3) is 11.1 Å². The zero-order valence-electron chi connectivity index (χ0n) is 17.2. The summed E-state index contributed by atoms with van der Waals surface area (Å²) in [5.41, 5.74) is 1.31. The van der Waals surface area contributed by atoms with Gasteiger partial charge >= 0.3 is 0 Å². The molecule has 1 unspecified atom stereocenters. The summed E-state index contributed by atoms with van der Waals surface area (Å²) in [6, 6.07) is 5.62. The summed E-state index contributed by atoms with van der Waals surface area (Å²) in [5.74, 6) is 0.844. The number of hydrogen-bond acceptors (Lipinski definition) is 4. The average molecular weight is 418 g/mol. The number of nitrogens with zero attached hydrogens (tertiary/aromatic N) is 2. The van der Waals surface area contributed by atoms with Crippen molar-refractivity contribution in [2.24, 2.45) is 5.92 Å². The molecule has 1 aliphatic heterocycles. The molecule has 156 valence electrons. The molecule has 2 aromatic rings. The van der Waals surface area contributed by atoms with Gasteiger partial charge < -0.3 is 14.6 Å². The fraction of sp³-hybridized carbons (Fsp3) is 0.591. The van der Waals surface area contributed by atoms with Crippen molar-refractivity contribution in [2.75, 3.05) is 6.54 Å². The van der Waals surface area contributed by atoms with Crippen molar-refractivity contribution in [3.05, 3.63) is 29.1 Å². The van der Waals surface area contributed by atoms with E-state index in [0.29, 0.717) is 18.0 Å². The van der Waals surface area contributed by atoms with Crippen molar-refractivity contribution < 1.29 is 14.0 Å². The number of benzene rings is 1. The van der Waals surface area contributed by atoms with Crippen molar-refractivity contribution in [3.63, 3.8) is 0 Å². The third-order valence-electron chi connectivity index (χ3n) is 6.09. The Morgan fingerprint density at radius 2 is 1.97 bits per heavy atom. The Balaban J connectivity index is 1.31. The van der Waals surface area contributed by atoms with E-state index in [1.807, 2.05) is 37.8 Å². The van der Waals surface area contributed by atoms with E-state index < -0.39 is 0 Å². The number of hydrogen-bond donors (Lipinski definition) is 1. The zero-order chi connectivity index (χ0) is 20.8. The average Bonchev–Trinajstić information content (AvgIpc) is 3.25. The smallest absolute Gasteiger partial charge is 0.225 e. The van der Waals surface area contributed by atoms with Crippen LogP contribution in [-0.2, 0) is 9.59 Å². The number of amides is 2. The fourth-order valence-corrected chi connectivity index (χ4v) is 4.59. The SMILES string of the molecule is CC(C)(C)N1CC(C(=O)NC2CCC(c3nc4cc(Cl)ccc4o3)CC2)CC1=O. The summed E-state index contributed by atoms with van der Waals surface area (Å²) in [6.07, 6.45) is 3.93. The molecule has 1 aromatic carbocycles. The first-order valence-electron chi connectivity index (χ1n) is 10.4. The number of fused-ring (bicyclic) bond motifs is 1. The van der Waals surface area contributed by atoms with Crippen LogP contribution in [0.15, 0.2) is 22.6 Å². The highest BCUT2D eigenvalue weighted by atomic mass is 35.5.